The lowest BCUT2D eigenvalue weighted by molar-refractivity contribution is -0.122. The van der Waals surface area contributed by atoms with Crippen molar-refractivity contribution in [2.75, 3.05) is 0 Å². The Kier molecular flexibility index (Phi) is 3.32. The number of benzene rings is 1. The maximum atomic E-state index is 11.9. The molecule has 0 spiro atoms. The molecule has 2 nitrogen and oxygen atoms in total. The summed E-state index contributed by atoms with van der Waals surface area (Å²) in [6.07, 6.45) is 2.92. The first-order chi connectivity index (χ1) is 8.11. The molecule has 1 unspecified atom stereocenters. The van der Waals surface area contributed by atoms with Gasteiger partial charge in [-0.05, 0) is 36.4 Å². The second kappa shape index (κ2) is 4.74. The van der Waals surface area contributed by atoms with E-state index in [1.54, 1.807) is 0 Å². The molecular weight excluding hydrogens is 210 g/mol. The lowest BCUT2D eigenvalue weighted by Gasteiger charge is -2.09. The first kappa shape index (κ1) is 11.9. The van der Waals surface area contributed by atoms with Crippen molar-refractivity contribution < 1.29 is 4.79 Å². The fraction of sp³-hybridized carbons (Fsp3) is 0.400. The van der Waals surface area contributed by atoms with Gasteiger partial charge in [0.1, 0.15) is 0 Å². The Labute approximate surface area is 102 Å². The smallest absolute Gasteiger partial charge is 0.155 e. The number of ketones is 1. The highest BCUT2D eigenvalue weighted by atomic mass is 16.1. The summed E-state index contributed by atoms with van der Waals surface area (Å²) < 4.78 is 2.05. The van der Waals surface area contributed by atoms with Crippen LogP contribution in [0.1, 0.15) is 25.8 Å². The highest BCUT2D eigenvalue weighted by Crippen LogP contribution is 2.18. The zero-order chi connectivity index (χ0) is 12.4. The quantitative estimate of drug-likeness (QED) is 0.785. The Morgan fingerprint density at radius 2 is 2.12 bits per heavy atom. The molecule has 0 aliphatic rings. The van der Waals surface area contributed by atoms with E-state index < -0.39 is 0 Å². The molecule has 0 saturated carbocycles. The number of nitrogens with zero attached hydrogens (tertiary/aromatic N) is 1. The Bertz CT molecular complexity index is 539. The minimum absolute atomic E-state index is 0.150. The van der Waals surface area contributed by atoms with Gasteiger partial charge in [-0.15, -0.1) is 0 Å². The Morgan fingerprint density at radius 1 is 1.35 bits per heavy atom. The molecule has 0 fully saturated rings. The molecule has 1 aromatic heterocycles. The molecule has 0 amide bonds. The average Bonchev–Trinajstić information content (AvgIpc) is 2.71. The number of hydrogen-bond donors (Lipinski definition) is 0. The van der Waals surface area contributed by atoms with Crippen LogP contribution in [0.25, 0.3) is 10.9 Å². The zero-order valence-corrected chi connectivity index (χ0v) is 10.7. The molecule has 17 heavy (non-hydrogen) atoms. The minimum atomic E-state index is 0.150. The molecule has 0 radical (unpaired) electrons. The molecule has 0 aliphatic carbocycles. The molecule has 1 heterocycles. The van der Waals surface area contributed by atoms with Crippen molar-refractivity contribution in [2.45, 2.75) is 33.7 Å². The van der Waals surface area contributed by atoms with Crippen molar-refractivity contribution in [3.05, 3.63) is 36.0 Å². The number of Topliss-reactive ketones (excluding diaryl/α,β-unsaturated/α-hetero) is 1. The van der Waals surface area contributed by atoms with Gasteiger partial charge in [-0.25, -0.2) is 0 Å². The molecule has 0 saturated heterocycles. The molecule has 2 heteroatoms. The van der Waals surface area contributed by atoms with Crippen LogP contribution in [0.5, 0.6) is 0 Å². The van der Waals surface area contributed by atoms with Gasteiger partial charge in [-0.1, -0.05) is 26.0 Å². The van der Waals surface area contributed by atoms with E-state index in [2.05, 4.69) is 42.7 Å². The number of carbonyl (C=O) groups excluding carboxylic acids is 1. The second-order valence-corrected chi connectivity index (χ2v) is 4.78. The third kappa shape index (κ3) is 2.41. The summed E-state index contributed by atoms with van der Waals surface area (Å²) in [6, 6.07) is 8.41. The fourth-order valence-electron chi connectivity index (χ4n) is 1.98. The predicted molar refractivity (Wildman–Crippen MR) is 71.1 cm³/mol. The molecule has 0 aliphatic heterocycles. The average molecular weight is 229 g/mol. The van der Waals surface area contributed by atoms with E-state index in [4.69, 9.17) is 0 Å². The number of hydrogen-bond acceptors (Lipinski definition) is 1. The van der Waals surface area contributed by atoms with Crippen LogP contribution in [-0.2, 0) is 11.3 Å². The van der Waals surface area contributed by atoms with E-state index in [0.717, 1.165) is 11.9 Å². The first-order valence-electron chi connectivity index (χ1n) is 6.20. The SMILES string of the molecule is CCC(C)C(=O)Cn1ccc2ccc(C)cc21. The molecule has 1 atom stereocenters. The monoisotopic (exact) mass is 229 g/mol. The summed E-state index contributed by atoms with van der Waals surface area (Å²) >= 11 is 0. The lowest BCUT2D eigenvalue weighted by atomic mass is 10.0. The first-order valence-corrected chi connectivity index (χ1v) is 6.20. The van der Waals surface area contributed by atoms with E-state index >= 15 is 0 Å². The molecule has 1 aromatic carbocycles. The molecule has 90 valence electrons. The topological polar surface area (TPSA) is 22.0 Å². The van der Waals surface area contributed by atoms with Crippen LogP contribution in [0.4, 0.5) is 0 Å². The van der Waals surface area contributed by atoms with Crippen LogP contribution in [-0.4, -0.2) is 10.4 Å². The number of carbonyl (C=O) groups is 1. The summed E-state index contributed by atoms with van der Waals surface area (Å²) in [5, 5.41) is 1.20. The number of rotatable bonds is 4. The zero-order valence-electron chi connectivity index (χ0n) is 10.7. The van der Waals surface area contributed by atoms with Crippen molar-refractivity contribution in [1.82, 2.24) is 4.57 Å². The van der Waals surface area contributed by atoms with E-state index in [9.17, 15) is 4.79 Å². The van der Waals surface area contributed by atoms with Crippen LogP contribution in [0.2, 0.25) is 0 Å². The highest BCUT2D eigenvalue weighted by Gasteiger charge is 2.12. The van der Waals surface area contributed by atoms with Crippen LogP contribution in [0.15, 0.2) is 30.5 Å². The third-order valence-electron chi connectivity index (χ3n) is 3.42. The van der Waals surface area contributed by atoms with Gasteiger partial charge >= 0.3 is 0 Å². The highest BCUT2D eigenvalue weighted by molar-refractivity contribution is 5.85. The maximum absolute atomic E-state index is 11.9. The van der Waals surface area contributed by atoms with Gasteiger partial charge in [0, 0.05) is 17.6 Å². The van der Waals surface area contributed by atoms with Crippen LogP contribution < -0.4 is 0 Å². The molecule has 0 bridgehead atoms. The van der Waals surface area contributed by atoms with Crippen molar-refractivity contribution in [3.63, 3.8) is 0 Å². The van der Waals surface area contributed by atoms with Crippen molar-refractivity contribution in [2.24, 2.45) is 5.92 Å². The Hall–Kier alpha value is -1.57. The summed E-state index contributed by atoms with van der Waals surface area (Å²) in [5.74, 6) is 0.462. The van der Waals surface area contributed by atoms with Gasteiger partial charge in [0.05, 0.1) is 6.54 Å². The van der Waals surface area contributed by atoms with Gasteiger partial charge in [-0.3, -0.25) is 4.79 Å². The largest absolute Gasteiger partial charge is 0.340 e. The molecule has 2 aromatic rings. The summed E-state index contributed by atoms with van der Waals surface area (Å²) in [5.41, 5.74) is 2.38. The maximum Gasteiger partial charge on any atom is 0.155 e. The number of fused-ring (bicyclic) bond motifs is 1. The summed E-state index contributed by atoms with van der Waals surface area (Å²) in [4.78, 5) is 11.9. The van der Waals surface area contributed by atoms with E-state index in [1.165, 1.54) is 10.9 Å². The normalized spacial score (nSPS) is 12.9. The van der Waals surface area contributed by atoms with Crippen molar-refractivity contribution >= 4 is 16.7 Å². The van der Waals surface area contributed by atoms with Gasteiger partial charge in [0.25, 0.3) is 0 Å². The van der Waals surface area contributed by atoms with Crippen molar-refractivity contribution in [3.8, 4) is 0 Å². The number of aryl methyl sites for hydroxylation is 1. The molecular formula is C15H19NO. The Balaban J connectivity index is 2.30. The van der Waals surface area contributed by atoms with E-state index in [0.29, 0.717) is 12.3 Å². The van der Waals surface area contributed by atoms with Gasteiger partial charge in [0.15, 0.2) is 5.78 Å². The predicted octanol–water partition coefficient (Wildman–Crippen LogP) is 3.56. The standard InChI is InChI=1S/C15H19NO/c1-4-12(3)15(17)10-16-8-7-13-6-5-11(2)9-14(13)16/h5-9,12H,4,10H2,1-3H3. The summed E-state index contributed by atoms with van der Waals surface area (Å²) in [6.45, 7) is 6.62. The lowest BCUT2D eigenvalue weighted by Crippen LogP contribution is -2.16. The van der Waals surface area contributed by atoms with Crippen molar-refractivity contribution in [1.29, 1.82) is 0 Å². The van der Waals surface area contributed by atoms with Gasteiger partial charge < -0.3 is 4.57 Å². The van der Waals surface area contributed by atoms with Gasteiger partial charge in [0.2, 0.25) is 0 Å². The number of aromatic nitrogens is 1. The third-order valence-corrected chi connectivity index (χ3v) is 3.42. The molecule has 2 rings (SSSR count). The fourth-order valence-corrected chi connectivity index (χ4v) is 1.98. The molecule has 0 N–H and O–H groups in total. The summed E-state index contributed by atoms with van der Waals surface area (Å²) in [7, 11) is 0. The van der Waals surface area contributed by atoms with Gasteiger partial charge in [-0.2, -0.15) is 0 Å². The minimum Gasteiger partial charge on any atom is -0.340 e. The van der Waals surface area contributed by atoms with Crippen LogP contribution >= 0.6 is 0 Å². The van der Waals surface area contributed by atoms with E-state index in [-0.39, 0.29) is 5.92 Å². The second-order valence-electron chi connectivity index (χ2n) is 4.78. The Morgan fingerprint density at radius 3 is 2.82 bits per heavy atom. The van der Waals surface area contributed by atoms with Crippen LogP contribution in [0, 0.1) is 12.8 Å². The van der Waals surface area contributed by atoms with Crippen LogP contribution in [0.3, 0.4) is 0 Å². The van der Waals surface area contributed by atoms with E-state index in [1.807, 2.05) is 13.1 Å².